The molecule has 19 heavy (non-hydrogen) atoms. The third-order valence-electron chi connectivity index (χ3n) is 4.53. The lowest BCUT2D eigenvalue weighted by Crippen LogP contribution is -2.24. The summed E-state index contributed by atoms with van der Waals surface area (Å²) in [5.41, 5.74) is 2.92. The third kappa shape index (κ3) is 4.35. The van der Waals surface area contributed by atoms with Crippen molar-refractivity contribution >= 4 is 0 Å². The van der Waals surface area contributed by atoms with Gasteiger partial charge in [0.05, 0.1) is 0 Å². The Morgan fingerprint density at radius 3 is 2.32 bits per heavy atom. The van der Waals surface area contributed by atoms with Crippen LogP contribution in [-0.2, 0) is 6.42 Å². The van der Waals surface area contributed by atoms with E-state index in [9.17, 15) is 0 Å². The van der Waals surface area contributed by atoms with E-state index < -0.39 is 0 Å². The summed E-state index contributed by atoms with van der Waals surface area (Å²) in [6, 6.07) is 9.80. The number of hydrogen-bond acceptors (Lipinski definition) is 1. The summed E-state index contributed by atoms with van der Waals surface area (Å²) in [6.45, 7) is 5.50. The van der Waals surface area contributed by atoms with Crippen molar-refractivity contribution in [1.82, 2.24) is 5.32 Å². The fraction of sp³-hybridized carbons (Fsp3) is 0.667. The molecule has 1 nitrogen and oxygen atoms in total. The van der Waals surface area contributed by atoms with Gasteiger partial charge in [0.25, 0.3) is 0 Å². The molecular weight excluding hydrogens is 230 g/mol. The van der Waals surface area contributed by atoms with Gasteiger partial charge in [0.2, 0.25) is 0 Å². The van der Waals surface area contributed by atoms with Crippen LogP contribution in [0.3, 0.4) is 0 Å². The molecule has 1 aliphatic rings. The predicted octanol–water partition coefficient (Wildman–Crippen LogP) is 4.87. The van der Waals surface area contributed by atoms with Gasteiger partial charge in [-0.25, -0.2) is 0 Å². The number of nitrogens with one attached hydrogen (secondary N) is 1. The summed E-state index contributed by atoms with van der Waals surface area (Å²) in [5.74, 6) is 0.934. The quantitative estimate of drug-likeness (QED) is 0.768. The summed E-state index contributed by atoms with van der Waals surface area (Å²) >= 11 is 0. The van der Waals surface area contributed by atoms with Crippen LogP contribution in [0.15, 0.2) is 24.3 Å². The number of rotatable bonds is 6. The van der Waals surface area contributed by atoms with Crippen molar-refractivity contribution in [1.29, 1.82) is 0 Å². The minimum atomic E-state index is 0.555. The zero-order valence-corrected chi connectivity index (χ0v) is 12.6. The van der Waals surface area contributed by atoms with Crippen LogP contribution in [0.5, 0.6) is 0 Å². The average Bonchev–Trinajstić information content (AvgIpc) is 2.48. The Morgan fingerprint density at radius 2 is 1.74 bits per heavy atom. The molecule has 1 N–H and O–H groups in total. The maximum absolute atomic E-state index is 3.68. The zero-order valence-electron chi connectivity index (χ0n) is 12.6. The van der Waals surface area contributed by atoms with E-state index >= 15 is 0 Å². The van der Waals surface area contributed by atoms with E-state index in [1.165, 1.54) is 49.7 Å². The molecule has 2 rings (SSSR count). The summed E-state index contributed by atoms with van der Waals surface area (Å²) in [5, 5.41) is 3.68. The summed E-state index contributed by atoms with van der Waals surface area (Å²) in [7, 11) is 0. The second-order valence-corrected chi connectivity index (χ2v) is 5.95. The number of aryl methyl sites for hydroxylation is 1. The van der Waals surface area contributed by atoms with Crippen molar-refractivity contribution in [2.24, 2.45) is 5.92 Å². The standard InChI is InChI=1S/C18H29N/c1-3-15-10-12-17(13-11-15)18(19-4-2)14-16-8-6-5-7-9-16/h10-13,16,18-19H,3-9,14H2,1-2H3. The lowest BCUT2D eigenvalue weighted by Gasteiger charge is -2.27. The Kier molecular flexibility index (Phi) is 5.91. The van der Waals surface area contributed by atoms with Crippen LogP contribution < -0.4 is 5.32 Å². The molecule has 1 aromatic carbocycles. The van der Waals surface area contributed by atoms with Crippen molar-refractivity contribution < 1.29 is 0 Å². The number of benzene rings is 1. The molecule has 0 aromatic heterocycles. The molecule has 1 heteroatoms. The highest BCUT2D eigenvalue weighted by molar-refractivity contribution is 5.25. The Hall–Kier alpha value is -0.820. The van der Waals surface area contributed by atoms with Gasteiger partial charge in [0, 0.05) is 6.04 Å². The van der Waals surface area contributed by atoms with E-state index in [0.29, 0.717) is 6.04 Å². The van der Waals surface area contributed by atoms with Crippen molar-refractivity contribution in [2.45, 2.75) is 64.8 Å². The largest absolute Gasteiger partial charge is 0.310 e. The lowest BCUT2D eigenvalue weighted by atomic mass is 9.83. The topological polar surface area (TPSA) is 12.0 Å². The van der Waals surface area contributed by atoms with E-state index in [2.05, 4.69) is 43.4 Å². The molecule has 1 aromatic rings. The minimum Gasteiger partial charge on any atom is -0.310 e. The first-order valence-electron chi connectivity index (χ1n) is 8.15. The average molecular weight is 259 g/mol. The van der Waals surface area contributed by atoms with Gasteiger partial charge in [-0.05, 0) is 36.4 Å². The summed E-state index contributed by atoms with van der Waals surface area (Å²) in [6.07, 6.45) is 9.67. The Labute approximate surface area is 118 Å². The molecule has 1 saturated carbocycles. The lowest BCUT2D eigenvalue weighted by molar-refractivity contribution is 0.301. The van der Waals surface area contributed by atoms with E-state index in [1.807, 2.05) is 0 Å². The van der Waals surface area contributed by atoms with Gasteiger partial charge >= 0.3 is 0 Å². The van der Waals surface area contributed by atoms with Gasteiger partial charge in [-0.3, -0.25) is 0 Å². The van der Waals surface area contributed by atoms with Gasteiger partial charge in [-0.1, -0.05) is 70.2 Å². The minimum absolute atomic E-state index is 0.555. The molecule has 0 spiro atoms. The van der Waals surface area contributed by atoms with Crippen LogP contribution in [0.4, 0.5) is 0 Å². The van der Waals surface area contributed by atoms with Gasteiger partial charge in [0.1, 0.15) is 0 Å². The molecule has 0 bridgehead atoms. The van der Waals surface area contributed by atoms with Crippen LogP contribution in [0.1, 0.15) is 69.5 Å². The fourth-order valence-corrected chi connectivity index (χ4v) is 3.33. The summed E-state index contributed by atoms with van der Waals surface area (Å²) in [4.78, 5) is 0. The van der Waals surface area contributed by atoms with Crippen molar-refractivity contribution in [3.8, 4) is 0 Å². The van der Waals surface area contributed by atoms with E-state index in [1.54, 1.807) is 0 Å². The highest BCUT2D eigenvalue weighted by atomic mass is 14.9. The van der Waals surface area contributed by atoms with E-state index in [4.69, 9.17) is 0 Å². The Balaban J connectivity index is 2.00. The molecule has 106 valence electrons. The zero-order chi connectivity index (χ0) is 13.5. The first-order chi connectivity index (χ1) is 9.33. The monoisotopic (exact) mass is 259 g/mol. The summed E-state index contributed by atoms with van der Waals surface area (Å²) < 4.78 is 0. The van der Waals surface area contributed by atoms with Crippen molar-refractivity contribution in [3.05, 3.63) is 35.4 Å². The molecule has 0 aliphatic heterocycles. The van der Waals surface area contributed by atoms with Crippen LogP contribution in [-0.4, -0.2) is 6.54 Å². The van der Waals surface area contributed by atoms with Crippen LogP contribution in [0, 0.1) is 5.92 Å². The molecule has 1 atom stereocenters. The van der Waals surface area contributed by atoms with E-state index in [-0.39, 0.29) is 0 Å². The predicted molar refractivity (Wildman–Crippen MR) is 83.4 cm³/mol. The van der Waals surface area contributed by atoms with Crippen LogP contribution in [0.25, 0.3) is 0 Å². The number of hydrogen-bond donors (Lipinski definition) is 1. The molecule has 0 saturated heterocycles. The second kappa shape index (κ2) is 7.69. The van der Waals surface area contributed by atoms with Crippen molar-refractivity contribution in [3.63, 3.8) is 0 Å². The first kappa shape index (κ1) is 14.6. The van der Waals surface area contributed by atoms with Gasteiger partial charge < -0.3 is 5.32 Å². The fourth-order valence-electron chi connectivity index (χ4n) is 3.33. The highest BCUT2D eigenvalue weighted by Gasteiger charge is 2.19. The maximum Gasteiger partial charge on any atom is 0.0322 e. The van der Waals surface area contributed by atoms with Crippen LogP contribution in [0.2, 0.25) is 0 Å². The van der Waals surface area contributed by atoms with Gasteiger partial charge in [0.15, 0.2) is 0 Å². The second-order valence-electron chi connectivity index (χ2n) is 5.95. The molecule has 0 amide bonds. The SMILES string of the molecule is CCNC(CC1CCCCC1)c1ccc(CC)cc1. The molecule has 1 unspecified atom stereocenters. The molecular formula is C18H29N. The third-order valence-corrected chi connectivity index (χ3v) is 4.53. The van der Waals surface area contributed by atoms with Gasteiger partial charge in [-0.15, -0.1) is 0 Å². The molecule has 1 fully saturated rings. The Morgan fingerprint density at radius 1 is 1.05 bits per heavy atom. The Bertz CT molecular complexity index is 348. The highest BCUT2D eigenvalue weighted by Crippen LogP contribution is 2.31. The molecule has 0 radical (unpaired) electrons. The normalized spacial score (nSPS) is 18.4. The first-order valence-corrected chi connectivity index (χ1v) is 8.15. The van der Waals surface area contributed by atoms with Gasteiger partial charge in [-0.2, -0.15) is 0 Å². The van der Waals surface area contributed by atoms with E-state index in [0.717, 1.165) is 18.9 Å². The molecule has 1 aliphatic carbocycles. The smallest absolute Gasteiger partial charge is 0.0322 e. The maximum atomic E-state index is 3.68. The van der Waals surface area contributed by atoms with Crippen LogP contribution >= 0.6 is 0 Å². The van der Waals surface area contributed by atoms with Crippen molar-refractivity contribution in [2.75, 3.05) is 6.54 Å². The molecule has 0 heterocycles.